The number of ether oxygens (including phenoxy) is 1. The number of halogens is 1. The highest BCUT2D eigenvalue weighted by atomic mass is 19.1. The Morgan fingerprint density at radius 3 is 2.90 bits per heavy atom. The average Bonchev–Trinajstić information content (AvgIpc) is 3.23. The molecule has 2 aliphatic rings. The predicted molar refractivity (Wildman–Crippen MR) is 73.8 cm³/mol. The van der Waals surface area contributed by atoms with E-state index < -0.39 is 5.54 Å². The van der Waals surface area contributed by atoms with Gasteiger partial charge in [0.05, 0.1) is 6.07 Å². The average molecular weight is 274 g/mol. The third kappa shape index (κ3) is 3.10. The Morgan fingerprint density at radius 2 is 2.20 bits per heavy atom. The first-order chi connectivity index (χ1) is 9.69. The number of hydrogen-bond donors (Lipinski definition) is 1. The van der Waals surface area contributed by atoms with Gasteiger partial charge in [0.15, 0.2) is 0 Å². The van der Waals surface area contributed by atoms with Crippen LogP contribution < -0.4 is 10.1 Å². The topological polar surface area (TPSA) is 45.0 Å². The molecule has 1 N–H and O–H groups in total. The summed E-state index contributed by atoms with van der Waals surface area (Å²) < 4.78 is 19.0. The van der Waals surface area contributed by atoms with Crippen LogP contribution in [0.15, 0.2) is 24.3 Å². The molecular formula is C16H19FN2O. The Bertz CT molecular complexity index is 523. The number of hydrogen-bond acceptors (Lipinski definition) is 3. The van der Waals surface area contributed by atoms with Gasteiger partial charge in [-0.25, -0.2) is 4.39 Å². The summed E-state index contributed by atoms with van der Waals surface area (Å²) in [6.45, 7) is 0. The first-order valence-corrected chi connectivity index (χ1v) is 7.30. The van der Waals surface area contributed by atoms with Crippen LogP contribution in [0, 0.1) is 17.1 Å². The lowest BCUT2D eigenvalue weighted by Crippen LogP contribution is -2.50. The summed E-state index contributed by atoms with van der Waals surface area (Å²) in [7, 11) is 0. The summed E-state index contributed by atoms with van der Waals surface area (Å²) >= 11 is 0. The van der Waals surface area contributed by atoms with Gasteiger partial charge in [0.1, 0.15) is 23.2 Å². The van der Waals surface area contributed by atoms with E-state index in [2.05, 4.69) is 11.4 Å². The number of nitrogens with one attached hydrogen (secondary N) is 1. The van der Waals surface area contributed by atoms with Crippen LogP contribution in [-0.2, 0) is 0 Å². The lowest BCUT2D eigenvalue weighted by atomic mass is 9.81. The van der Waals surface area contributed by atoms with Crippen LogP contribution in [-0.4, -0.2) is 17.7 Å². The first-order valence-electron chi connectivity index (χ1n) is 7.30. The van der Waals surface area contributed by atoms with Crippen LogP contribution in [0.3, 0.4) is 0 Å². The minimum atomic E-state index is -0.461. The lowest BCUT2D eigenvalue weighted by Gasteiger charge is -2.36. The second-order valence-electron chi connectivity index (χ2n) is 5.91. The molecule has 1 aromatic carbocycles. The van der Waals surface area contributed by atoms with Gasteiger partial charge >= 0.3 is 0 Å². The van der Waals surface area contributed by atoms with Crippen LogP contribution in [0.4, 0.5) is 4.39 Å². The number of nitrogens with zero attached hydrogens (tertiary/aromatic N) is 1. The molecule has 2 unspecified atom stereocenters. The fourth-order valence-electron chi connectivity index (χ4n) is 2.94. The van der Waals surface area contributed by atoms with E-state index in [1.54, 1.807) is 12.1 Å². The van der Waals surface area contributed by atoms with Crippen molar-refractivity contribution in [2.75, 3.05) is 0 Å². The van der Waals surface area contributed by atoms with E-state index in [-0.39, 0.29) is 11.9 Å². The molecule has 2 aliphatic carbocycles. The molecule has 0 heterocycles. The highest BCUT2D eigenvalue weighted by Gasteiger charge is 2.41. The van der Waals surface area contributed by atoms with Gasteiger partial charge in [-0.05, 0) is 44.2 Å². The molecule has 4 heteroatoms. The van der Waals surface area contributed by atoms with E-state index in [1.165, 1.54) is 25.0 Å². The third-order valence-electron chi connectivity index (χ3n) is 4.08. The van der Waals surface area contributed by atoms with E-state index in [4.69, 9.17) is 4.74 Å². The van der Waals surface area contributed by atoms with Gasteiger partial charge in [0, 0.05) is 18.5 Å². The Morgan fingerprint density at radius 1 is 1.35 bits per heavy atom. The van der Waals surface area contributed by atoms with Gasteiger partial charge < -0.3 is 4.74 Å². The molecule has 20 heavy (non-hydrogen) atoms. The molecule has 2 atom stereocenters. The Balaban J connectivity index is 1.66. The second kappa shape index (κ2) is 5.41. The van der Waals surface area contributed by atoms with Crippen molar-refractivity contribution in [2.24, 2.45) is 0 Å². The fraction of sp³-hybridized carbons (Fsp3) is 0.562. The molecular weight excluding hydrogens is 255 g/mol. The maximum atomic E-state index is 13.2. The van der Waals surface area contributed by atoms with Gasteiger partial charge in [-0.15, -0.1) is 0 Å². The molecule has 0 spiro atoms. The molecule has 3 rings (SSSR count). The van der Waals surface area contributed by atoms with E-state index in [1.807, 2.05) is 0 Å². The Hall–Kier alpha value is -1.60. The zero-order valence-electron chi connectivity index (χ0n) is 11.4. The molecule has 0 amide bonds. The van der Waals surface area contributed by atoms with E-state index in [0.717, 1.165) is 19.3 Å². The van der Waals surface area contributed by atoms with Crippen molar-refractivity contribution < 1.29 is 9.13 Å². The highest BCUT2D eigenvalue weighted by Crippen LogP contribution is 2.34. The fourth-order valence-corrected chi connectivity index (χ4v) is 2.94. The van der Waals surface area contributed by atoms with Crippen LogP contribution in [0.2, 0.25) is 0 Å². The van der Waals surface area contributed by atoms with Gasteiger partial charge in [0.2, 0.25) is 0 Å². The molecule has 2 saturated carbocycles. The molecule has 0 aliphatic heterocycles. The summed E-state index contributed by atoms with van der Waals surface area (Å²) in [5.41, 5.74) is -0.461. The van der Waals surface area contributed by atoms with Gasteiger partial charge in [-0.1, -0.05) is 6.07 Å². The van der Waals surface area contributed by atoms with Gasteiger partial charge in [-0.3, -0.25) is 5.32 Å². The SMILES string of the molecule is N#CC1(NC2CC2)CCCC(Oc2cccc(F)c2)C1. The summed E-state index contributed by atoms with van der Waals surface area (Å²) in [5, 5.41) is 13.0. The third-order valence-corrected chi connectivity index (χ3v) is 4.08. The number of benzene rings is 1. The molecule has 0 bridgehead atoms. The molecule has 0 saturated heterocycles. The van der Waals surface area contributed by atoms with Crippen molar-refractivity contribution >= 4 is 0 Å². The van der Waals surface area contributed by atoms with E-state index >= 15 is 0 Å². The summed E-state index contributed by atoms with van der Waals surface area (Å²) in [5.74, 6) is 0.260. The standard InChI is InChI=1S/C16H19FN2O/c17-12-3-1-4-14(9-12)20-15-5-2-8-16(10-15,11-18)19-13-6-7-13/h1,3-4,9,13,15,19H,2,5-8,10H2. The van der Waals surface area contributed by atoms with Crippen LogP contribution in [0.1, 0.15) is 38.5 Å². The molecule has 0 aromatic heterocycles. The highest BCUT2D eigenvalue weighted by molar-refractivity contribution is 5.23. The maximum Gasteiger partial charge on any atom is 0.126 e. The van der Waals surface area contributed by atoms with Gasteiger partial charge in [0.25, 0.3) is 0 Å². The van der Waals surface area contributed by atoms with Crippen LogP contribution in [0.5, 0.6) is 5.75 Å². The number of rotatable bonds is 4. The quantitative estimate of drug-likeness (QED) is 0.917. The van der Waals surface area contributed by atoms with Crippen molar-refractivity contribution in [1.29, 1.82) is 5.26 Å². The monoisotopic (exact) mass is 274 g/mol. The van der Waals surface area contributed by atoms with Crippen LogP contribution >= 0.6 is 0 Å². The van der Waals surface area contributed by atoms with Gasteiger partial charge in [-0.2, -0.15) is 5.26 Å². The minimum absolute atomic E-state index is 0.0172. The van der Waals surface area contributed by atoms with Crippen molar-refractivity contribution in [3.63, 3.8) is 0 Å². The normalized spacial score (nSPS) is 29.7. The largest absolute Gasteiger partial charge is 0.490 e. The molecule has 1 aromatic rings. The molecule has 3 nitrogen and oxygen atoms in total. The molecule has 106 valence electrons. The second-order valence-corrected chi connectivity index (χ2v) is 5.91. The summed E-state index contributed by atoms with van der Waals surface area (Å²) in [4.78, 5) is 0. The van der Waals surface area contributed by atoms with Crippen molar-refractivity contribution in [3.8, 4) is 11.8 Å². The maximum absolute atomic E-state index is 13.2. The first kappa shape index (κ1) is 13.4. The summed E-state index contributed by atoms with van der Waals surface area (Å²) in [6, 6.07) is 9.17. The molecule has 0 radical (unpaired) electrons. The zero-order chi connectivity index (χ0) is 14.0. The van der Waals surface area contributed by atoms with E-state index in [0.29, 0.717) is 18.2 Å². The predicted octanol–water partition coefficient (Wildman–Crippen LogP) is 3.16. The van der Waals surface area contributed by atoms with Crippen LogP contribution in [0.25, 0.3) is 0 Å². The summed E-state index contributed by atoms with van der Waals surface area (Å²) in [6.07, 6.45) is 5.76. The van der Waals surface area contributed by atoms with Crippen molar-refractivity contribution in [2.45, 2.75) is 56.2 Å². The zero-order valence-corrected chi connectivity index (χ0v) is 11.4. The smallest absolute Gasteiger partial charge is 0.126 e. The lowest BCUT2D eigenvalue weighted by molar-refractivity contribution is 0.111. The van der Waals surface area contributed by atoms with Crippen molar-refractivity contribution in [1.82, 2.24) is 5.32 Å². The Kier molecular flexibility index (Phi) is 3.62. The molecule has 2 fully saturated rings. The number of nitriles is 1. The van der Waals surface area contributed by atoms with Crippen molar-refractivity contribution in [3.05, 3.63) is 30.1 Å². The van der Waals surface area contributed by atoms with E-state index in [9.17, 15) is 9.65 Å². The Labute approximate surface area is 118 Å². The minimum Gasteiger partial charge on any atom is -0.490 e.